The summed E-state index contributed by atoms with van der Waals surface area (Å²) in [5.41, 5.74) is 6.05. The number of carbonyl (C=O) groups is 2. The van der Waals surface area contributed by atoms with Gasteiger partial charge < -0.3 is 11.1 Å². The van der Waals surface area contributed by atoms with Crippen LogP contribution in [-0.4, -0.2) is 11.8 Å². The van der Waals surface area contributed by atoms with Crippen molar-refractivity contribution in [1.29, 1.82) is 0 Å². The molecule has 1 fully saturated rings. The lowest BCUT2D eigenvalue weighted by atomic mass is 10.1. The van der Waals surface area contributed by atoms with Gasteiger partial charge in [-0.25, -0.2) is 0 Å². The summed E-state index contributed by atoms with van der Waals surface area (Å²) in [5.74, 6) is -0.207. The van der Waals surface area contributed by atoms with Gasteiger partial charge in [0.05, 0.1) is 0 Å². The first-order chi connectivity index (χ1) is 8.49. The maximum absolute atomic E-state index is 11.9. The Morgan fingerprint density at radius 3 is 2.67 bits per heavy atom. The predicted molar refractivity (Wildman–Crippen MR) is 71.5 cm³/mol. The van der Waals surface area contributed by atoms with Crippen molar-refractivity contribution in [3.63, 3.8) is 0 Å². The fourth-order valence-corrected chi connectivity index (χ4v) is 2.36. The molecule has 4 nitrogen and oxygen atoms in total. The quantitative estimate of drug-likeness (QED) is 0.889. The average Bonchev–Trinajstić information content (AvgIpc) is 3.02. The second-order valence-electron chi connectivity index (χ2n) is 4.72. The van der Waals surface area contributed by atoms with E-state index in [0.717, 1.165) is 10.9 Å². The Balaban J connectivity index is 2.13. The Bertz CT molecular complexity index is 490. The molecule has 1 aromatic carbocycles. The second-order valence-corrected chi connectivity index (χ2v) is 5.63. The Kier molecular flexibility index (Phi) is 3.71. The summed E-state index contributed by atoms with van der Waals surface area (Å²) in [6.45, 7) is 2.02. The number of amides is 2. The molecular weight excluding hydrogens is 296 g/mol. The number of halogens is 1. The zero-order chi connectivity index (χ0) is 13.3. The topological polar surface area (TPSA) is 72.2 Å². The van der Waals surface area contributed by atoms with Gasteiger partial charge in [-0.15, -0.1) is 0 Å². The summed E-state index contributed by atoms with van der Waals surface area (Å²) in [7, 11) is 0. The number of hydrogen-bond acceptors (Lipinski definition) is 2. The van der Waals surface area contributed by atoms with Crippen molar-refractivity contribution in [2.24, 2.45) is 17.6 Å². The molecule has 2 rings (SSSR count). The highest BCUT2D eigenvalue weighted by Gasteiger charge is 2.40. The summed E-state index contributed by atoms with van der Waals surface area (Å²) in [6.07, 6.45) is 0.885. The van der Waals surface area contributed by atoms with Crippen molar-refractivity contribution in [1.82, 2.24) is 5.32 Å². The largest absolute Gasteiger partial charge is 0.368 e. The van der Waals surface area contributed by atoms with Crippen LogP contribution in [-0.2, 0) is 9.59 Å². The maximum Gasteiger partial charge on any atom is 0.244 e. The zero-order valence-corrected chi connectivity index (χ0v) is 11.6. The van der Waals surface area contributed by atoms with Crippen LogP contribution >= 0.6 is 15.9 Å². The van der Waals surface area contributed by atoms with Crippen molar-refractivity contribution in [2.45, 2.75) is 19.4 Å². The first-order valence-corrected chi connectivity index (χ1v) is 6.63. The van der Waals surface area contributed by atoms with E-state index < -0.39 is 11.9 Å². The molecule has 3 unspecified atom stereocenters. The van der Waals surface area contributed by atoms with Crippen LogP contribution < -0.4 is 11.1 Å². The first kappa shape index (κ1) is 13.1. The molecule has 1 aliphatic rings. The first-order valence-electron chi connectivity index (χ1n) is 5.84. The highest BCUT2D eigenvalue weighted by atomic mass is 79.9. The molecule has 2 amide bonds. The van der Waals surface area contributed by atoms with Gasteiger partial charge in [0.15, 0.2) is 0 Å². The summed E-state index contributed by atoms with van der Waals surface area (Å²) in [6, 6.07) is 6.46. The number of nitrogens with one attached hydrogen (secondary N) is 1. The van der Waals surface area contributed by atoms with Gasteiger partial charge in [-0.05, 0) is 30.0 Å². The highest BCUT2D eigenvalue weighted by Crippen LogP contribution is 2.38. The SMILES string of the molecule is CC1CC1C(=O)NC(C(N)=O)c1cccc(Br)c1. The normalized spacial score (nSPS) is 23.2. The van der Waals surface area contributed by atoms with E-state index in [1.54, 1.807) is 18.2 Å². The minimum absolute atomic E-state index is 0.0269. The van der Waals surface area contributed by atoms with Crippen molar-refractivity contribution in [3.05, 3.63) is 34.3 Å². The third-order valence-electron chi connectivity index (χ3n) is 3.20. The van der Waals surface area contributed by atoms with Gasteiger partial charge in [0.1, 0.15) is 6.04 Å². The van der Waals surface area contributed by atoms with Crippen molar-refractivity contribution in [2.75, 3.05) is 0 Å². The van der Waals surface area contributed by atoms with Gasteiger partial charge in [-0.3, -0.25) is 9.59 Å². The average molecular weight is 311 g/mol. The smallest absolute Gasteiger partial charge is 0.244 e. The molecule has 18 heavy (non-hydrogen) atoms. The number of rotatable bonds is 4. The van der Waals surface area contributed by atoms with Crippen LogP contribution in [0, 0.1) is 11.8 Å². The van der Waals surface area contributed by atoms with Crippen LogP contribution in [0.15, 0.2) is 28.7 Å². The third-order valence-corrected chi connectivity index (χ3v) is 3.69. The van der Waals surface area contributed by atoms with Gasteiger partial charge in [-0.2, -0.15) is 0 Å². The molecular formula is C13H15BrN2O2. The Hall–Kier alpha value is -1.36. The fourth-order valence-electron chi connectivity index (χ4n) is 1.94. The maximum atomic E-state index is 11.9. The van der Waals surface area contributed by atoms with E-state index in [4.69, 9.17) is 5.73 Å². The second kappa shape index (κ2) is 5.10. The third kappa shape index (κ3) is 2.90. The monoisotopic (exact) mass is 310 g/mol. The number of hydrogen-bond donors (Lipinski definition) is 2. The molecule has 3 N–H and O–H groups in total. The van der Waals surface area contributed by atoms with Crippen molar-refractivity contribution >= 4 is 27.7 Å². The van der Waals surface area contributed by atoms with E-state index in [2.05, 4.69) is 21.2 Å². The molecule has 0 saturated heterocycles. The molecule has 0 heterocycles. The van der Waals surface area contributed by atoms with Crippen LogP contribution in [0.25, 0.3) is 0 Å². The number of primary amides is 1. The molecule has 0 aliphatic heterocycles. The Labute approximate surface area is 114 Å². The van der Waals surface area contributed by atoms with E-state index in [0.29, 0.717) is 11.5 Å². The summed E-state index contributed by atoms with van der Waals surface area (Å²) in [4.78, 5) is 23.3. The number of nitrogens with two attached hydrogens (primary N) is 1. The number of benzene rings is 1. The summed E-state index contributed by atoms with van der Waals surface area (Å²) < 4.78 is 0.847. The summed E-state index contributed by atoms with van der Waals surface area (Å²) >= 11 is 3.33. The Morgan fingerprint density at radius 2 is 2.17 bits per heavy atom. The zero-order valence-electron chi connectivity index (χ0n) is 10.0. The van der Waals surface area contributed by atoms with E-state index in [9.17, 15) is 9.59 Å². The molecule has 96 valence electrons. The predicted octanol–water partition coefficient (Wildman–Crippen LogP) is 1.75. The van der Waals surface area contributed by atoms with Gasteiger partial charge in [0.2, 0.25) is 11.8 Å². The fraction of sp³-hybridized carbons (Fsp3) is 0.385. The van der Waals surface area contributed by atoms with Gasteiger partial charge >= 0.3 is 0 Å². The van der Waals surface area contributed by atoms with Crippen molar-refractivity contribution < 1.29 is 9.59 Å². The van der Waals surface area contributed by atoms with Gasteiger partial charge in [-0.1, -0.05) is 35.0 Å². The lowest BCUT2D eigenvalue weighted by Gasteiger charge is -2.16. The van der Waals surface area contributed by atoms with E-state index in [1.165, 1.54) is 0 Å². The highest BCUT2D eigenvalue weighted by molar-refractivity contribution is 9.10. The lowest BCUT2D eigenvalue weighted by molar-refractivity contribution is -0.128. The van der Waals surface area contributed by atoms with Crippen LogP contribution in [0.1, 0.15) is 24.9 Å². The summed E-state index contributed by atoms with van der Waals surface area (Å²) in [5, 5.41) is 2.72. The molecule has 0 radical (unpaired) electrons. The molecule has 0 aromatic heterocycles. The minimum Gasteiger partial charge on any atom is -0.368 e. The molecule has 1 saturated carbocycles. The standard InChI is InChI=1S/C13H15BrN2O2/c1-7-5-10(7)13(18)16-11(12(15)17)8-3-2-4-9(14)6-8/h2-4,6-7,10-11H,5H2,1H3,(H2,15,17)(H,16,18). The van der Waals surface area contributed by atoms with E-state index in [-0.39, 0.29) is 11.8 Å². The molecule has 1 aliphatic carbocycles. The molecule has 5 heteroatoms. The molecule has 3 atom stereocenters. The van der Waals surface area contributed by atoms with Gasteiger partial charge in [0, 0.05) is 10.4 Å². The van der Waals surface area contributed by atoms with E-state index >= 15 is 0 Å². The molecule has 0 spiro atoms. The Morgan fingerprint density at radius 1 is 1.50 bits per heavy atom. The van der Waals surface area contributed by atoms with Crippen LogP contribution in [0.2, 0.25) is 0 Å². The van der Waals surface area contributed by atoms with Crippen LogP contribution in [0.5, 0.6) is 0 Å². The molecule has 1 aromatic rings. The lowest BCUT2D eigenvalue weighted by Crippen LogP contribution is -2.38. The number of carbonyl (C=O) groups excluding carboxylic acids is 2. The van der Waals surface area contributed by atoms with E-state index in [1.807, 2.05) is 13.0 Å². The van der Waals surface area contributed by atoms with Crippen molar-refractivity contribution in [3.8, 4) is 0 Å². The van der Waals surface area contributed by atoms with Crippen LogP contribution in [0.3, 0.4) is 0 Å². The van der Waals surface area contributed by atoms with Gasteiger partial charge in [0.25, 0.3) is 0 Å². The van der Waals surface area contributed by atoms with Crippen LogP contribution in [0.4, 0.5) is 0 Å². The molecule has 0 bridgehead atoms. The minimum atomic E-state index is -0.761.